The summed E-state index contributed by atoms with van der Waals surface area (Å²) in [6.07, 6.45) is 3.10. The summed E-state index contributed by atoms with van der Waals surface area (Å²) < 4.78 is 5.12. The third kappa shape index (κ3) is 3.22. The maximum absolute atomic E-state index is 8.56. The van der Waals surface area contributed by atoms with Gasteiger partial charge in [0, 0.05) is 18.9 Å². The number of hydrogen-bond acceptors (Lipinski definition) is 7. The van der Waals surface area contributed by atoms with Crippen LogP contribution in [-0.2, 0) is 4.74 Å². The van der Waals surface area contributed by atoms with E-state index in [1.54, 1.807) is 12.4 Å². The van der Waals surface area contributed by atoms with Gasteiger partial charge in [-0.25, -0.2) is 9.97 Å². The largest absolute Gasteiger partial charge is 0.394 e. The SMILES string of the molecule is OCCOCCNc1nc(Cl)nc2nccnc12. The molecular formula is C10H12ClN5O2. The Bertz CT molecular complexity index is 525. The lowest BCUT2D eigenvalue weighted by Crippen LogP contribution is -2.13. The van der Waals surface area contributed by atoms with Crippen molar-refractivity contribution in [3.63, 3.8) is 0 Å². The lowest BCUT2D eigenvalue weighted by molar-refractivity contribution is 0.0992. The summed E-state index contributed by atoms with van der Waals surface area (Å²) in [6.45, 7) is 1.30. The van der Waals surface area contributed by atoms with Crippen molar-refractivity contribution in [2.45, 2.75) is 0 Å². The lowest BCUT2D eigenvalue weighted by Gasteiger charge is -2.07. The molecule has 0 saturated carbocycles. The summed E-state index contributed by atoms with van der Waals surface area (Å²) in [4.78, 5) is 16.2. The first-order valence-electron chi connectivity index (χ1n) is 5.38. The summed E-state index contributed by atoms with van der Waals surface area (Å²) in [5, 5.41) is 11.7. The van der Waals surface area contributed by atoms with E-state index in [1.165, 1.54) is 0 Å². The van der Waals surface area contributed by atoms with Crippen LogP contribution in [0.5, 0.6) is 0 Å². The molecule has 0 bridgehead atoms. The molecule has 0 saturated heterocycles. The van der Waals surface area contributed by atoms with Gasteiger partial charge in [-0.05, 0) is 11.6 Å². The van der Waals surface area contributed by atoms with Gasteiger partial charge in [0.15, 0.2) is 17.0 Å². The number of fused-ring (bicyclic) bond motifs is 1. The molecule has 8 heteroatoms. The van der Waals surface area contributed by atoms with Crippen LogP contribution in [-0.4, -0.2) is 51.4 Å². The zero-order valence-electron chi connectivity index (χ0n) is 9.51. The molecule has 2 aromatic rings. The fourth-order valence-electron chi connectivity index (χ4n) is 1.37. The molecule has 0 aliphatic carbocycles. The Labute approximate surface area is 108 Å². The van der Waals surface area contributed by atoms with Gasteiger partial charge >= 0.3 is 0 Å². The van der Waals surface area contributed by atoms with E-state index in [9.17, 15) is 0 Å². The van der Waals surface area contributed by atoms with Crippen molar-refractivity contribution in [2.24, 2.45) is 0 Å². The van der Waals surface area contributed by atoms with Gasteiger partial charge in [0.2, 0.25) is 5.28 Å². The molecule has 96 valence electrons. The van der Waals surface area contributed by atoms with Crippen LogP contribution in [0.25, 0.3) is 11.2 Å². The number of aromatic nitrogens is 4. The number of aliphatic hydroxyl groups is 1. The first-order chi connectivity index (χ1) is 8.81. The van der Waals surface area contributed by atoms with Crippen LogP contribution in [0.3, 0.4) is 0 Å². The van der Waals surface area contributed by atoms with Gasteiger partial charge in [0.05, 0.1) is 19.8 Å². The molecule has 7 nitrogen and oxygen atoms in total. The van der Waals surface area contributed by atoms with Crippen LogP contribution in [0, 0.1) is 0 Å². The van der Waals surface area contributed by atoms with E-state index in [2.05, 4.69) is 25.3 Å². The van der Waals surface area contributed by atoms with Crippen molar-refractivity contribution in [3.8, 4) is 0 Å². The molecule has 18 heavy (non-hydrogen) atoms. The van der Waals surface area contributed by atoms with E-state index >= 15 is 0 Å². The van der Waals surface area contributed by atoms with Crippen LogP contribution in [0.15, 0.2) is 12.4 Å². The summed E-state index contributed by atoms with van der Waals surface area (Å²) in [6, 6.07) is 0. The number of nitrogens with zero attached hydrogens (tertiary/aromatic N) is 4. The van der Waals surface area contributed by atoms with Gasteiger partial charge in [-0.1, -0.05) is 0 Å². The molecule has 2 rings (SSSR count). The fraction of sp³-hybridized carbons (Fsp3) is 0.400. The summed E-state index contributed by atoms with van der Waals surface area (Å²) >= 11 is 5.79. The summed E-state index contributed by atoms with van der Waals surface area (Å²) in [5.74, 6) is 0.519. The molecular weight excluding hydrogens is 258 g/mol. The highest BCUT2D eigenvalue weighted by Crippen LogP contribution is 2.17. The number of nitrogens with one attached hydrogen (secondary N) is 1. The second-order valence-corrected chi connectivity index (χ2v) is 3.67. The van der Waals surface area contributed by atoms with Crippen LogP contribution in [0.2, 0.25) is 5.28 Å². The number of hydrogen-bond donors (Lipinski definition) is 2. The minimum atomic E-state index is 0.00768. The predicted octanol–water partition coefficient (Wildman–Crippen LogP) is 0.494. The highest BCUT2D eigenvalue weighted by Gasteiger charge is 2.07. The Morgan fingerprint density at radius 2 is 2.06 bits per heavy atom. The van der Waals surface area contributed by atoms with E-state index in [4.69, 9.17) is 21.4 Å². The molecule has 0 aliphatic rings. The van der Waals surface area contributed by atoms with Crippen molar-refractivity contribution in [2.75, 3.05) is 31.7 Å². The molecule has 0 fully saturated rings. The smallest absolute Gasteiger partial charge is 0.226 e. The van der Waals surface area contributed by atoms with Gasteiger partial charge in [0.25, 0.3) is 0 Å². The second-order valence-electron chi connectivity index (χ2n) is 3.33. The van der Waals surface area contributed by atoms with Crippen molar-refractivity contribution < 1.29 is 9.84 Å². The van der Waals surface area contributed by atoms with Gasteiger partial charge in [-0.3, -0.25) is 0 Å². The molecule has 2 N–H and O–H groups in total. The van der Waals surface area contributed by atoms with Crippen LogP contribution in [0.1, 0.15) is 0 Å². The molecule has 0 atom stereocenters. The Hall–Kier alpha value is -1.57. The number of ether oxygens (including phenoxy) is 1. The summed E-state index contributed by atoms with van der Waals surface area (Å²) in [5.41, 5.74) is 1.00. The van der Waals surface area contributed by atoms with Crippen molar-refractivity contribution >= 4 is 28.6 Å². The van der Waals surface area contributed by atoms with Gasteiger partial charge < -0.3 is 15.2 Å². The van der Waals surface area contributed by atoms with Gasteiger partial charge in [0.1, 0.15) is 0 Å². The minimum absolute atomic E-state index is 0.00768. The van der Waals surface area contributed by atoms with E-state index in [-0.39, 0.29) is 11.9 Å². The molecule has 0 aromatic carbocycles. The second kappa shape index (κ2) is 6.39. The number of anilines is 1. The third-order valence-electron chi connectivity index (χ3n) is 2.08. The van der Waals surface area contributed by atoms with Crippen molar-refractivity contribution in [1.82, 2.24) is 19.9 Å². The Kier molecular flexibility index (Phi) is 4.57. The number of aliphatic hydroxyl groups excluding tert-OH is 1. The zero-order valence-corrected chi connectivity index (χ0v) is 10.3. The van der Waals surface area contributed by atoms with Gasteiger partial charge in [-0.2, -0.15) is 9.97 Å². The molecule has 0 aliphatic heterocycles. The molecule has 0 unspecified atom stereocenters. The maximum Gasteiger partial charge on any atom is 0.226 e. The van der Waals surface area contributed by atoms with Crippen molar-refractivity contribution in [1.29, 1.82) is 0 Å². The molecule has 2 heterocycles. The molecule has 2 aromatic heterocycles. The molecule has 0 radical (unpaired) electrons. The minimum Gasteiger partial charge on any atom is -0.394 e. The topological polar surface area (TPSA) is 93.1 Å². The Balaban J connectivity index is 2.07. The highest BCUT2D eigenvalue weighted by atomic mass is 35.5. The van der Waals surface area contributed by atoms with E-state index in [0.717, 1.165) is 0 Å². The molecule has 0 spiro atoms. The highest BCUT2D eigenvalue weighted by molar-refractivity contribution is 6.28. The van der Waals surface area contributed by atoms with E-state index in [0.29, 0.717) is 36.7 Å². The quantitative estimate of drug-likeness (QED) is 0.582. The normalized spacial score (nSPS) is 10.8. The number of rotatable bonds is 6. The zero-order chi connectivity index (χ0) is 12.8. The first kappa shape index (κ1) is 12.9. The first-order valence-corrected chi connectivity index (χ1v) is 5.76. The standard InChI is InChI=1S/C10H12ClN5O2/c11-10-15-8-7(12-1-2-13-8)9(16-10)14-3-5-18-6-4-17/h1-2,17H,3-6H2,(H,13,14,15,16). The molecule has 0 amide bonds. The van der Waals surface area contributed by atoms with Crippen LogP contribution < -0.4 is 5.32 Å². The Morgan fingerprint density at radius 1 is 1.22 bits per heavy atom. The predicted molar refractivity (Wildman–Crippen MR) is 66.5 cm³/mol. The monoisotopic (exact) mass is 269 g/mol. The lowest BCUT2D eigenvalue weighted by atomic mass is 10.4. The van der Waals surface area contributed by atoms with Crippen molar-refractivity contribution in [3.05, 3.63) is 17.7 Å². The fourth-order valence-corrected chi connectivity index (χ4v) is 1.53. The Morgan fingerprint density at radius 3 is 2.89 bits per heavy atom. The average molecular weight is 270 g/mol. The summed E-state index contributed by atoms with van der Waals surface area (Å²) in [7, 11) is 0. The van der Waals surface area contributed by atoms with E-state index < -0.39 is 0 Å². The maximum atomic E-state index is 8.56. The third-order valence-corrected chi connectivity index (χ3v) is 2.25. The average Bonchev–Trinajstić information content (AvgIpc) is 2.38. The van der Waals surface area contributed by atoms with E-state index in [1.807, 2.05) is 0 Å². The van der Waals surface area contributed by atoms with Crippen LogP contribution in [0.4, 0.5) is 5.82 Å². The van der Waals surface area contributed by atoms with Crippen LogP contribution >= 0.6 is 11.6 Å². The number of halogens is 1. The van der Waals surface area contributed by atoms with Gasteiger partial charge in [-0.15, -0.1) is 0 Å².